The van der Waals surface area contributed by atoms with E-state index in [1.54, 1.807) is 7.11 Å². The van der Waals surface area contributed by atoms with Crippen LogP contribution in [0.15, 0.2) is 59.7 Å². The van der Waals surface area contributed by atoms with Gasteiger partial charge in [0, 0.05) is 37.4 Å². The molecule has 35 heavy (non-hydrogen) atoms. The molecule has 0 unspecified atom stereocenters. The van der Waals surface area contributed by atoms with Crippen molar-refractivity contribution in [3.8, 4) is 0 Å². The van der Waals surface area contributed by atoms with Gasteiger partial charge in [0.25, 0.3) is 0 Å². The van der Waals surface area contributed by atoms with E-state index >= 15 is 0 Å². The van der Waals surface area contributed by atoms with Crippen LogP contribution in [0, 0.1) is 0 Å². The maximum atomic E-state index is 5.32. The van der Waals surface area contributed by atoms with Crippen LogP contribution in [0.3, 0.4) is 0 Å². The zero-order chi connectivity index (χ0) is 23.6. The summed E-state index contributed by atoms with van der Waals surface area (Å²) < 4.78 is 5.32. The Morgan fingerprint density at radius 3 is 2.66 bits per heavy atom. The van der Waals surface area contributed by atoms with Gasteiger partial charge in [-0.3, -0.25) is 9.98 Å². The lowest BCUT2D eigenvalue weighted by Crippen LogP contribution is -2.43. The Hall–Kier alpha value is -3.09. The average molecular weight is 468 g/mol. The first-order valence-corrected chi connectivity index (χ1v) is 12.9. The number of methoxy groups -OCH3 is 1. The minimum Gasteiger partial charge on any atom is -0.380 e. The van der Waals surface area contributed by atoms with Crippen molar-refractivity contribution in [2.45, 2.75) is 38.3 Å². The Balaban J connectivity index is 1.22. The summed E-state index contributed by atoms with van der Waals surface area (Å²) in [5, 5.41) is 0. The fourth-order valence-corrected chi connectivity index (χ4v) is 5.77. The molecular weight excluding hydrogens is 434 g/mol. The summed E-state index contributed by atoms with van der Waals surface area (Å²) in [4.78, 5) is 19.8. The van der Waals surface area contributed by atoms with Crippen molar-refractivity contribution in [2.75, 3.05) is 44.7 Å². The highest BCUT2D eigenvalue weighted by molar-refractivity contribution is 6.32. The second-order valence-corrected chi connectivity index (χ2v) is 9.83. The number of pyridine rings is 2. The Bertz CT molecular complexity index is 1270. The van der Waals surface area contributed by atoms with Crippen LogP contribution in [0.5, 0.6) is 0 Å². The SMILES string of the molecule is COCc1cccc(C2=NCC=C2c2ccc3ncc(N4CCC(N5CCCC5)CC4)cc3n2)c1. The lowest BCUT2D eigenvalue weighted by Gasteiger charge is -2.37. The molecule has 0 radical (unpaired) electrons. The van der Waals surface area contributed by atoms with Gasteiger partial charge >= 0.3 is 0 Å². The number of anilines is 1. The molecular formula is C29H33N5O. The normalized spacial score (nSPS) is 19.4. The number of piperidine rings is 1. The first kappa shape index (κ1) is 22.4. The van der Waals surface area contributed by atoms with Gasteiger partial charge < -0.3 is 14.5 Å². The van der Waals surface area contributed by atoms with E-state index in [1.165, 1.54) is 44.5 Å². The van der Waals surface area contributed by atoms with Gasteiger partial charge in [-0.15, -0.1) is 0 Å². The van der Waals surface area contributed by atoms with E-state index in [4.69, 9.17) is 19.7 Å². The van der Waals surface area contributed by atoms with Crippen LogP contribution in [0.2, 0.25) is 0 Å². The molecule has 5 heterocycles. The molecule has 2 aromatic heterocycles. The fraction of sp³-hybridized carbons (Fsp3) is 0.414. The number of hydrogen-bond acceptors (Lipinski definition) is 6. The molecule has 3 aromatic rings. The maximum absolute atomic E-state index is 5.32. The van der Waals surface area contributed by atoms with Crippen molar-refractivity contribution in [2.24, 2.45) is 4.99 Å². The highest BCUT2D eigenvalue weighted by atomic mass is 16.5. The third-order valence-corrected chi connectivity index (χ3v) is 7.60. The predicted molar refractivity (Wildman–Crippen MR) is 142 cm³/mol. The molecule has 2 fully saturated rings. The molecule has 0 bridgehead atoms. The van der Waals surface area contributed by atoms with Gasteiger partial charge in [-0.2, -0.15) is 0 Å². The monoisotopic (exact) mass is 467 g/mol. The lowest BCUT2D eigenvalue weighted by molar-refractivity contribution is 0.185. The van der Waals surface area contributed by atoms with Gasteiger partial charge in [0.1, 0.15) is 0 Å². The smallest absolute Gasteiger partial charge is 0.0914 e. The van der Waals surface area contributed by atoms with Gasteiger partial charge in [0.15, 0.2) is 0 Å². The van der Waals surface area contributed by atoms with Crippen molar-refractivity contribution in [3.63, 3.8) is 0 Å². The van der Waals surface area contributed by atoms with E-state index in [9.17, 15) is 0 Å². The number of hydrogen-bond donors (Lipinski definition) is 0. The van der Waals surface area contributed by atoms with E-state index in [-0.39, 0.29) is 0 Å². The third-order valence-electron chi connectivity index (χ3n) is 7.60. The molecule has 6 heteroatoms. The molecule has 0 spiro atoms. The van der Waals surface area contributed by atoms with Gasteiger partial charge in [0.05, 0.1) is 47.5 Å². The number of nitrogens with zero attached hydrogens (tertiary/aromatic N) is 5. The minimum absolute atomic E-state index is 0.595. The first-order valence-electron chi connectivity index (χ1n) is 12.9. The number of likely N-dealkylation sites (tertiary alicyclic amines) is 1. The fourth-order valence-electron chi connectivity index (χ4n) is 5.77. The second-order valence-electron chi connectivity index (χ2n) is 9.83. The van der Waals surface area contributed by atoms with E-state index in [0.717, 1.165) is 58.3 Å². The van der Waals surface area contributed by atoms with Crippen LogP contribution < -0.4 is 4.90 Å². The summed E-state index contributed by atoms with van der Waals surface area (Å²) in [6, 6.07) is 15.5. The summed E-state index contributed by atoms with van der Waals surface area (Å²) in [7, 11) is 1.72. The molecule has 0 amide bonds. The van der Waals surface area contributed by atoms with Gasteiger partial charge in [-0.1, -0.05) is 24.3 Å². The van der Waals surface area contributed by atoms with E-state index in [2.05, 4.69) is 58.3 Å². The molecule has 3 aliphatic rings. The summed E-state index contributed by atoms with van der Waals surface area (Å²) in [6.07, 6.45) is 9.39. The molecule has 0 saturated carbocycles. The average Bonchev–Trinajstić information content (AvgIpc) is 3.62. The van der Waals surface area contributed by atoms with Crippen molar-refractivity contribution in [1.82, 2.24) is 14.9 Å². The van der Waals surface area contributed by atoms with E-state index in [1.807, 2.05) is 6.20 Å². The molecule has 0 N–H and O–H groups in total. The van der Waals surface area contributed by atoms with Crippen LogP contribution in [0.25, 0.3) is 16.6 Å². The van der Waals surface area contributed by atoms with E-state index in [0.29, 0.717) is 13.2 Å². The number of benzene rings is 1. The third kappa shape index (κ3) is 4.60. The van der Waals surface area contributed by atoms with Crippen LogP contribution in [0.4, 0.5) is 5.69 Å². The number of aliphatic imine (C=N–C) groups is 1. The van der Waals surface area contributed by atoms with Crippen molar-refractivity contribution in [1.29, 1.82) is 0 Å². The number of aromatic nitrogens is 2. The number of rotatable bonds is 6. The Morgan fingerprint density at radius 2 is 1.83 bits per heavy atom. The second kappa shape index (κ2) is 9.88. The van der Waals surface area contributed by atoms with Crippen molar-refractivity contribution < 1.29 is 4.74 Å². The molecule has 0 aliphatic carbocycles. The minimum atomic E-state index is 0.595. The number of ether oxygens (including phenoxy) is 1. The van der Waals surface area contributed by atoms with Crippen LogP contribution >= 0.6 is 0 Å². The van der Waals surface area contributed by atoms with Crippen LogP contribution in [-0.2, 0) is 11.3 Å². The van der Waals surface area contributed by atoms with Crippen LogP contribution in [0.1, 0.15) is 42.5 Å². The zero-order valence-corrected chi connectivity index (χ0v) is 20.5. The maximum Gasteiger partial charge on any atom is 0.0914 e. The van der Waals surface area contributed by atoms with Gasteiger partial charge in [0.2, 0.25) is 0 Å². The largest absolute Gasteiger partial charge is 0.380 e. The molecule has 180 valence electrons. The summed E-state index contributed by atoms with van der Waals surface area (Å²) in [5.41, 5.74) is 8.37. The first-order chi connectivity index (χ1) is 17.3. The molecule has 2 saturated heterocycles. The van der Waals surface area contributed by atoms with Crippen LogP contribution in [-0.4, -0.2) is 66.5 Å². The molecule has 6 nitrogen and oxygen atoms in total. The van der Waals surface area contributed by atoms with Gasteiger partial charge in [-0.25, -0.2) is 4.98 Å². The zero-order valence-electron chi connectivity index (χ0n) is 20.5. The summed E-state index contributed by atoms with van der Waals surface area (Å²) in [5.74, 6) is 0. The topological polar surface area (TPSA) is 53.9 Å². The lowest BCUT2D eigenvalue weighted by atomic mass is 9.98. The summed E-state index contributed by atoms with van der Waals surface area (Å²) >= 11 is 0. The molecule has 3 aliphatic heterocycles. The Morgan fingerprint density at radius 1 is 0.971 bits per heavy atom. The predicted octanol–water partition coefficient (Wildman–Crippen LogP) is 4.73. The quantitative estimate of drug-likeness (QED) is 0.525. The van der Waals surface area contributed by atoms with Crippen molar-refractivity contribution >= 4 is 28.0 Å². The van der Waals surface area contributed by atoms with Gasteiger partial charge in [-0.05, 0) is 68.6 Å². The van der Waals surface area contributed by atoms with Crippen molar-refractivity contribution in [3.05, 3.63) is 71.6 Å². The standard InChI is InChI=1S/C29H33N5O/c1-35-20-21-5-4-6-22(17-21)29-25(9-12-30-29)26-7-8-27-28(32-26)18-24(19-31-27)34-15-10-23(11-16-34)33-13-2-3-14-33/h4-9,17-19,23H,2-3,10-16,20H2,1H3. The summed E-state index contributed by atoms with van der Waals surface area (Å²) in [6.45, 7) is 6.03. The highest BCUT2D eigenvalue weighted by Crippen LogP contribution is 2.29. The molecule has 1 aromatic carbocycles. The Labute approximate surface area is 207 Å². The van der Waals surface area contributed by atoms with E-state index < -0.39 is 0 Å². The molecule has 6 rings (SSSR count). The number of allylic oxidation sites excluding steroid dienone is 1. The highest BCUT2D eigenvalue weighted by Gasteiger charge is 2.27. The number of fused-ring (bicyclic) bond motifs is 1. The molecule has 0 atom stereocenters. The Kier molecular flexibility index (Phi) is 6.32.